The number of aromatic nitrogens is 2. The number of carbonyl (C=O) groups is 1. The van der Waals surface area contributed by atoms with Crippen LogP contribution in [0.2, 0.25) is 0 Å². The van der Waals surface area contributed by atoms with Crippen molar-refractivity contribution >= 4 is 11.7 Å². The van der Waals surface area contributed by atoms with E-state index in [2.05, 4.69) is 10.3 Å². The van der Waals surface area contributed by atoms with Crippen molar-refractivity contribution in [3.8, 4) is 22.9 Å². The molecule has 0 fully saturated rings. The summed E-state index contributed by atoms with van der Waals surface area (Å²) in [5.74, 6) is 2.55. The van der Waals surface area contributed by atoms with Crippen LogP contribution in [0.1, 0.15) is 37.4 Å². The monoisotopic (exact) mass is 407 g/mol. The van der Waals surface area contributed by atoms with Gasteiger partial charge in [-0.2, -0.15) is 0 Å². The van der Waals surface area contributed by atoms with E-state index >= 15 is 0 Å². The second-order valence-corrected chi connectivity index (χ2v) is 7.43. The number of imidazole rings is 1. The molecule has 7 heteroatoms. The van der Waals surface area contributed by atoms with E-state index in [9.17, 15) is 4.79 Å². The summed E-state index contributed by atoms with van der Waals surface area (Å²) in [5, 5.41) is 2.98. The number of nitrogens with one attached hydrogen (secondary N) is 1. The number of carbonyl (C=O) groups excluding carboxylic acids is 1. The van der Waals surface area contributed by atoms with Gasteiger partial charge in [-0.25, -0.2) is 4.98 Å². The molecular weight excluding hydrogens is 382 g/mol. The standard InChI is InChI=1S/C23H25N3O4/c1-14(2)30-19-10-5-15(11-20(19)29-4)18-12-21(27)25-23-22(18)24-13-26(23)16-6-8-17(28-3)9-7-16/h5-11,13-14,18H,12H2,1-4H3,(H,25,27)/t18-/m1/s1. The molecule has 0 spiro atoms. The Bertz CT molecular complexity index is 1060. The first kappa shape index (κ1) is 19.8. The van der Waals surface area contributed by atoms with Crippen LogP contribution in [0.25, 0.3) is 5.69 Å². The van der Waals surface area contributed by atoms with Gasteiger partial charge in [0.2, 0.25) is 5.91 Å². The molecule has 4 rings (SSSR count). The van der Waals surface area contributed by atoms with Gasteiger partial charge in [-0.3, -0.25) is 9.36 Å². The second-order valence-electron chi connectivity index (χ2n) is 7.43. The lowest BCUT2D eigenvalue weighted by Crippen LogP contribution is -2.25. The average Bonchev–Trinajstić information content (AvgIpc) is 3.17. The van der Waals surface area contributed by atoms with Crippen molar-refractivity contribution in [2.75, 3.05) is 19.5 Å². The van der Waals surface area contributed by atoms with E-state index in [0.717, 1.165) is 22.7 Å². The van der Waals surface area contributed by atoms with E-state index in [1.54, 1.807) is 20.5 Å². The molecule has 2 heterocycles. The lowest BCUT2D eigenvalue weighted by atomic mass is 9.89. The predicted molar refractivity (Wildman–Crippen MR) is 114 cm³/mol. The molecule has 156 valence electrons. The number of anilines is 1. The number of methoxy groups -OCH3 is 2. The summed E-state index contributed by atoms with van der Waals surface area (Å²) in [7, 11) is 3.24. The highest BCUT2D eigenvalue weighted by Gasteiger charge is 2.31. The van der Waals surface area contributed by atoms with Crippen molar-refractivity contribution < 1.29 is 19.0 Å². The smallest absolute Gasteiger partial charge is 0.226 e. The Labute approximate surface area is 175 Å². The van der Waals surface area contributed by atoms with Crippen LogP contribution in [0.15, 0.2) is 48.8 Å². The molecule has 1 amide bonds. The Kier molecular flexibility index (Phi) is 5.35. The van der Waals surface area contributed by atoms with Crippen molar-refractivity contribution in [2.24, 2.45) is 0 Å². The highest BCUT2D eigenvalue weighted by atomic mass is 16.5. The van der Waals surface area contributed by atoms with E-state index in [4.69, 9.17) is 14.2 Å². The minimum absolute atomic E-state index is 0.0389. The van der Waals surface area contributed by atoms with Gasteiger partial charge in [0, 0.05) is 18.0 Å². The summed E-state index contributed by atoms with van der Waals surface area (Å²) >= 11 is 0. The molecule has 1 aliphatic heterocycles. The molecule has 2 aromatic carbocycles. The summed E-state index contributed by atoms with van der Waals surface area (Å²) in [5.41, 5.74) is 2.67. The lowest BCUT2D eigenvalue weighted by Gasteiger charge is -2.24. The lowest BCUT2D eigenvalue weighted by molar-refractivity contribution is -0.116. The second kappa shape index (κ2) is 8.10. The van der Waals surface area contributed by atoms with Crippen molar-refractivity contribution in [3.63, 3.8) is 0 Å². The fourth-order valence-electron chi connectivity index (χ4n) is 3.67. The molecule has 1 aliphatic rings. The largest absolute Gasteiger partial charge is 0.497 e. The maximum atomic E-state index is 12.5. The van der Waals surface area contributed by atoms with Gasteiger partial charge in [-0.15, -0.1) is 0 Å². The normalized spacial score (nSPS) is 15.5. The van der Waals surface area contributed by atoms with Crippen LogP contribution in [-0.2, 0) is 4.79 Å². The summed E-state index contributed by atoms with van der Waals surface area (Å²) < 4.78 is 18.5. The molecule has 1 aromatic heterocycles. The van der Waals surface area contributed by atoms with Crippen LogP contribution < -0.4 is 19.5 Å². The molecule has 0 saturated carbocycles. The van der Waals surface area contributed by atoms with Crippen LogP contribution in [-0.4, -0.2) is 35.8 Å². The number of benzene rings is 2. The van der Waals surface area contributed by atoms with Gasteiger partial charge in [-0.1, -0.05) is 6.07 Å². The van der Waals surface area contributed by atoms with E-state index in [1.165, 1.54) is 0 Å². The zero-order valence-electron chi connectivity index (χ0n) is 17.5. The van der Waals surface area contributed by atoms with Gasteiger partial charge in [0.05, 0.1) is 26.0 Å². The molecule has 1 N–H and O–H groups in total. The van der Waals surface area contributed by atoms with Crippen molar-refractivity contribution in [2.45, 2.75) is 32.3 Å². The fourth-order valence-corrected chi connectivity index (χ4v) is 3.67. The number of ether oxygens (including phenoxy) is 3. The van der Waals surface area contributed by atoms with Crippen molar-refractivity contribution in [3.05, 3.63) is 60.0 Å². The number of nitrogens with zero attached hydrogens (tertiary/aromatic N) is 2. The van der Waals surface area contributed by atoms with Gasteiger partial charge in [0.25, 0.3) is 0 Å². The maximum Gasteiger partial charge on any atom is 0.226 e. The van der Waals surface area contributed by atoms with E-state index < -0.39 is 0 Å². The van der Waals surface area contributed by atoms with Gasteiger partial charge < -0.3 is 19.5 Å². The van der Waals surface area contributed by atoms with Gasteiger partial charge in [0.15, 0.2) is 11.5 Å². The highest BCUT2D eigenvalue weighted by molar-refractivity contribution is 5.94. The molecule has 0 unspecified atom stereocenters. The van der Waals surface area contributed by atoms with Crippen LogP contribution in [0.4, 0.5) is 5.82 Å². The Hall–Kier alpha value is -3.48. The van der Waals surface area contributed by atoms with Gasteiger partial charge in [0.1, 0.15) is 17.9 Å². The van der Waals surface area contributed by atoms with Crippen molar-refractivity contribution in [1.29, 1.82) is 0 Å². The fraction of sp³-hybridized carbons (Fsp3) is 0.304. The summed E-state index contributed by atoms with van der Waals surface area (Å²) in [6.45, 7) is 3.94. The van der Waals surface area contributed by atoms with Gasteiger partial charge >= 0.3 is 0 Å². The molecule has 0 saturated heterocycles. The molecule has 0 radical (unpaired) electrons. The number of hydrogen-bond donors (Lipinski definition) is 1. The van der Waals surface area contributed by atoms with Crippen LogP contribution in [0.5, 0.6) is 17.2 Å². The zero-order valence-corrected chi connectivity index (χ0v) is 17.5. The molecule has 0 aliphatic carbocycles. The van der Waals surface area contributed by atoms with Crippen LogP contribution in [0.3, 0.4) is 0 Å². The average molecular weight is 407 g/mol. The zero-order chi connectivity index (χ0) is 21.3. The number of fused-ring (bicyclic) bond motifs is 1. The molecule has 3 aromatic rings. The minimum Gasteiger partial charge on any atom is -0.497 e. The first-order valence-corrected chi connectivity index (χ1v) is 9.86. The first-order valence-electron chi connectivity index (χ1n) is 9.86. The Morgan fingerprint density at radius 3 is 2.50 bits per heavy atom. The molecule has 7 nitrogen and oxygen atoms in total. The number of hydrogen-bond acceptors (Lipinski definition) is 5. The summed E-state index contributed by atoms with van der Waals surface area (Å²) in [6.07, 6.45) is 2.09. The van der Waals surface area contributed by atoms with E-state index in [1.807, 2.05) is 60.9 Å². The molecular formula is C23H25N3O4. The molecule has 1 atom stereocenters. The quantitative estimate of drug-likeness (QED) is 0.664. The Balaban J connectivity index is 1.72. The first-order chi connectivity index (χ1) is 14.5. The van der Waals surface area contributed by atoms with Crippen molar-refractivity contribution in [1.82, 2.24) is 9.55 Å². The third kappa shape index (κ3) is 3.70. The molecule has 30 heavy (non-hydrogen) atoms. The van der Waals surface area contributed by atoms with E-state index in [-0.39, 0.29) is 17.9 Å². The highest BCUT2D eigenvalue weighted by Crippen LogP contribution is 2.40. The minimum atomic E-state index is -0.171. The Morgan fingerprint density at radius 1 is 1.07 bits per heavy atom. The maximum absolute atomic E-state index is 12.5. The predicted octanol–water partition coefficient (Wildman–Crippen LogP) is 4.15. The third-order valence-electron chi connectivity index (χ3n) is 5.08. The van der Waals surface area contributed by atoms with Gasteiger partial charge in [-0.05, 0) is 55.8 Å². The summed E-state index contributed by atoms with van der Waals surface area (Å²) in [4.78, 5) is 17.2. The van der Waals surface area contributed by atoms with Crippen LogP contribution in [0, 0.1) is 0 Å². The van der Waals surface area contributed by atoms with Crippen LogP contribution >= 0.6 is 0 Å². The Morgan fingerprint density at radius 2 is 1.83 bits per heavy atom. The number of amides is 1. The number of rotatable bonds is 6. The third-order valence-corrected chi connectivity index (χ3v) is 5.08. The topological polar surface area (TPSA) is 74.6 Å². The summed E-state index contributed by atoms with van der Waals surface area (Å²) in [6, 6.07) is 13.4. The SMILES string of the molecule is COc1ccc(-n2cnc3c2NC(=O)C[C@@H]3c2ccc(OC(C)C)c(OC)c2)cc1. The molecule has 0 bridgehead atoms. The van der Waals surface area contributed by atoms with E-state index in [0.29, 0.717) is 23.7 Å².